The number of carbonyl (C=O) groups is 1. The zero-order valence-corrected chi connectivity index (χ0v) is 19.2. The molecule has 1 atom stereocenters. The van der Waals surface area contributed by atoms with Crippen molar-refractivity contribution < 1.29 is 9.53 Å². The Morgan fingerprint density at radius 2 is 2.03 bits per heavy atom. The maximum Gasteiger partial charge on any atom is 0.229 e. The summed E-state index contributed by atoms with van der Waals surface area (Å²) in [7, 11) is 0. The lowest BCUT2D eigenvalue weighted by atomic mass is 9.97. The monoisotopic (exact) mass is 466 g/mol. The second-order valence-corrected chi connectivity index (χ2v) is 9.52. The molecule has 0 bridgehead atoms. The van der Waals surface area contributed by atoms with Gasteiger partial charge in [0.1, 0.15) is 17.7 Å². The van der Waals surface area contributed by atoms with Gasteiger partial charge in [-0.2, -0.15) is 9.61 Å². The van der Waals surface area contributed by atoms with Gasteiger partial charge in [-0.25, -0.2) is 4.98 Å². The highest BCUT2D eigenvalue weighted by Gasteiger charge is 2.40. The third-order valence-electron chi connectivity index (χ3n) is 6.87. The fourth-order valence-corrected chi connectivity index (χ4v) is 5.34. The number of anilines is 1. The smallest absolute Gasteiger partial charge is 0.229 e. The van der Waals surface area contributed by atoms with E-state index in [9.17, 15) is 4.79 Å². The van der Waals surface area contributed by atoms with E-state index in [0.29, 0.717) is 24.7 Å². The highest BCUT2D eigenvalue weighted by molar-refractivity contribution is 6.30. The van der Waals surface area contributed by atoms with E-state index in [-0.39, 0.29) is 17.9 Å². The number of hydrogen-bond acceptors (Lipinski definition) is 6. The van der Waals surface area contributed by atoms with Crippen molar-refractivity contribution >= 4 is 29.0 Å². The quantitative estimate of drug-likeness (QED) is 0.635. The molecule has 8 nitrogen and oxygen atoms in total. The van der Waals surface area contributed by atoms with Crippen LogP contribution >= 0.6 is 11.6 Å². The first-order valence-electron chi connectivity index (χ1n) is 11.7. The molecule has 1 amide bonds. The van der Waals surface area contributed by atoms with Gasteiger partial charge >= 0.3 is 0 Å². The van der Waals surface area contributed by atoms with Crippen LogP contribution < -0.4 is 15.0 Å². The van der Waals surface area contributed by atoms with E-state index in [1.165, 1.54) is 5.56 Å². The molecule has 0 saturated carbocycles. The Labute approximate surface area is 197 Å². The minimum Gasteiger partial charge on any atom is -0.488 e. The zero-order chi connectivity index (χ0) is 22.4. The first-order valence-corrected chi connectivity index (χ1v) is 12.1. The number of rotatable bonds is 4. The number of fused-ring (bicyclic) bond motifs is 2. The van der Waals surface area contributed by atoms with Crippen molar-refractivity contribution in [1.29, 1.82) is 0 Å². The molecule has 33 heavy (non-hydrogen) atoms. The van der Waals surface area contributed by atoms with Crippen LogP contribution in [0.2, 0.25) is 5.02 Å². The lowest BCUT2D eigenvalue weighted by Gasteiger charge is -2.42. The summed E-state index contributed by atoms with van der Waals surface area (Å²) in [5, 5.41) is 8.65. The molecule has 0 radical (unpaired) electrons. The number of halogens is 1. The number of aromatic nitrogens is 3. The number of ether oxygens (including phenoxy) is 1. The van der Waals surface area contributed by atoms with Crippen LogP contribution in [0.4, 0.5) is 5.82 Å². The van der Waals surface area contributed by atoms with Crippen LogP contribution in [0.5, 0.6) is 5.75 Å². The Morgan fingerprint density at radius 3 is 2.91 bits per heavy atom. The van der Waals surface area contributed by atoms with Gasteiger partial charge in [-0.05, 0) is 31.2 Å². The summed E-state index contributed by atoms with van der Waals surface area (Å²) in [5.41, 5.74) is 3.29. The Kier molecular flexibility index (Phi) is 5.34. The van der Waals surface area contributed by atoms with E-state index in [2.05, 4.69) is 15.3 Å². The zero-order valence-electron chi connectivity index (χ0n) is 18.4. The number of likely N-dealkylation sites (tertiary alicyclic amines) is 1. The molecule has 2 aromatic heterocycles. The Morgan fingerprint density at radius 1 is 1.15 bits per heavy atom. The minimum atomic E-state index is 0.00764. The molecule has 5 heterocycles. The second kappa shape index (κ2) is 8.50. The van der Waals surface area contributed by atoms with E-state index >= 15 is 0 Å². The van der Waals surface area contributed by atoms with Crippen LogP contribution in [0.1, 0.15) is 17.7 Å². The molecule has 2 fully saturated rings. The van der Waals surface area contributed by atoms with Crippen LogP contribution in [0.25, 0.3) is 5.65 Å². The van der Waals surface area contributed by atoms with Gasteiger partial charge in [0.25, 0.3) is 0 Å². The van der Waals surface area contributed by atoms with E-state index in [1.54, 1.807) is 6.20 Å². The Hall–Kier alpha value is -2.84. The SMILES string of the molecule is O=C(C1CN(c2c3c(nc4ccnn24)CCNCC3)C1)N1CC[C@H](Oc2cccc(Cl)c2)C1. The average Bonchev–Trinajstić information content (AvgIpc) is 3.36. The molecule has 6 rings (SSSR count). The number of amides is 1. The first-order chi connectivity index (χ1) is 16.2. The van der Waals surface area contributed by atoms with E-state index in [4.69, 9.17) is 21.3 Å². The molecule has 1 N–H and O–H groups in total. The normalized spacial score (nSPS) is 21.1. The molecular formula is C24H27ClN6O2. The topological polar surface area (TPSA) is 75.0 Å². The molecule has 3 aliphatic heterocycles. The number of carbonyl (C=O) groups excluding carboxylic acids is 1. The van der Waals surface area contributed by atoms with Gasteiger partial charge in [0, 0.05) is 55.7 Å². The van der Waals surface area contributed by atoms with Gasteiger partial charge in [0.15, 0.2) is 5.65 Å². The summed E-state index contributed by atoms with van der Waals surface area (Å²) in [4.78, 5) is 22.3. The summed E-state index contributed by atoms with van der Waals surface area (Å²) in [6, 6.07) is 9.39. The summed E-state index contributed by atoms with van der Waals surface area (Å²) in [6.45, 7) is 4.68. The number of hydrogen-bond donors (Lipinski definition) is 1. The van der Waals surface area contributed by atoms with Crippen molar-refractivity contribution in [2.45, 2.75) is 25.4 Å². The lowest BCUT2D eigenvalue weighted by Crippen LogP contribution is -2.55. The van der Waals surface area contributed by atoms with Crippen LogP contribution in [0.15, 0.2) is 36.5 Å². The second-order valence-electron chi connectivity index (χ2n) is 9.08. The van der Waals surface area contributed by atoms with Crippen molar-refractivity contribution in [2.24, 2.45) is 5.92 Å². The largest absolute Gasteiger partial charge is 0.488 e. The lowest BCUT2D eigenvalue weighted by molar-refractivity contribution is -0.135. The van der Waals surface area contributed by atoms with Crippen molar-refractivity contribution in [1.82, 2.24) is 24.8 Å². The van der Waals surface area contributed by atoms with E-state index in [0.717, 1.165) is 61.8 Å². The molecular weight excluding hydrogens is 440 g/mol. The van der Waals surface area contributed by atoms with Crippen molar-refractivity contribution in [2.75, 3.05) is 44.2 Å². The molecule has 1 aromatic carbocycles. The van der Waals surface area contributed by atoms with Crippen molar-refractivity contribution in [3.8, 4) is 5.75 Å². The summed E-state index contributed by atoms with van der Waals surface area (Å²) in [6.07, 6.45) is 4.50. The van der Waals surface area contributed by atoms with Crippen molar-refractivity contribution in [3.63, 3.8) is 0 Å². The number of benzene rings is 1. The summed E-state index contributed by atoms with van der Waals surface area (Å²) in [5.74, 6) is 2.10. The number of nitrogens with one attached hydrogen (secondary N) is 1. The molecule has 172 valence electrons. The van der Waals surface area contributed by atoms with Gasteiger partial charge < -0.3 is 19.9 Å². The highest BCUT2D eigenvalue weighted by Crippen LogP contribution is 2.33. The molecule has 9 heteroatoms. The number of nitrogens with zero attached hydrogens (tertiary/aromatic N) is 5. The standard InChI is InChI=1S/C24H27ClN6O2/c25-17-2-1-3-18(12-17)33-19-7-11-29(15-19)24(32)16-13-30(14-16)23-20-4-8-26-9-5-21(20)28-22-6-10-27-31(22)23/h1-3,6,10,12,16,19,26H,4-5,7-9,11,13-15H2/t19-/m0/s1. The summed E-state index contributed by atoms with van der Waals surface area (Å²) < 4.78 is 8.00. The third-order valence-corrected chi connectivity index (χ3v) is 7.10. The maximum absolute atomic E-state index is 13.2. The fourth-order valence-electron chi connectivity index (χ4n) is 5.16. The maximum atomic E-state index is 13.2. The molecule has 2 saturated heterocycles. The van der Waals surface area contributed by atoms with Gasteiger partial charge in [-0.3, -0.25) is 4.79 Å². The summed E-state index contributed by atoms with van der Waals surface area (Å²) >= 11 is 6.06. The average molecular weight is 467 g/mol. The van der Waals surface area contributed by atoms with Gasteiger partial charge in [-0.1, -0.05) is 17.7 Å². The van der Waals surface area contributed by atoms with Gasteiger partial charge in [0.05, 0.1) is 24.4 Å². The first kappa shape index (κ1) is 20.7. The van der Waals surface area contributed by atoms with Crippen LogP contribution in [-0.2, 0) is 17.6 Å². The van der Waals surface area contributed by atoms with E-state index < -0.39 is 0 Å². The molecule has 0 unspecified atom stereocenters. The highest BCUT2D eigenvalue weighted by atomic mass is 35.5. The van der Waals surface area contributed by atoms with Crippen molar-refractivity contribution in [3.05, 3.63) is 52.8 Å². The molecule has 0 aliphatic carbocycles. The van der Waals surface area contributed by atoms with Gasteiger partial charge in [0.2, 0.25) is 5.91 Å². The Bertz CT molecular complexity index is 1190. The molecule has 3 aliphatic rings. The van der Waals surface area contributed by atoms with Crippen LogP contribution in [0, 0.1) is 5.92 Å². The molecule has 0 spiro atoms. The van der Waals surface area contributed by atoms with Crippen LogP contribution in [0.3, 0.4) is 0 Å². The van der Waals surface area contributed by atoms with Gasteiger partial charge in [-0.15, -0.1) is 0 Å². The van der Waals surface area contributed by atoms with Crippen LogP contribution in [-0.4, -0.2) is 70.8 Å². The minimum absolute atomic E-state index is 0.00764. The van der Waals surface area contributed by atoms with E-state index in [1.807, 2.05) is 39.7 Å². The third kappa shape index (κ3) is 3.91. The Balaban J connectivity index is 1.13. The molecule has 3 aromatic rings. The predicted molar refractivity (Wildman–Crippen MR) is 126 cm³/mol. The predicted octanol–water partition coefficient (Wildman–Crippen LogP) is 2.19. The fraction of sp³-hybridized carbons (Fsp3) is 0.458.